The number of nitrogens with zero attached hydrogens (tertiary/aromatic N) is 1. The van der Waals surface area contributed by atoms with Crippen LogP contribution in [-0.2, 0) is 6.18 Å². The monoisotopic (exact) mass is 426 g/mol. The normalized spacial score (nSPS) is 11.1. The van der Waals surface area contributed by atoms with Gasteiger partial charge in [0.25, 0.3) is 5.91 Å². The lowest BCUT2D eigenvalue weighted by Crippen LogP contribution is -2.24. The molecule has 2 aromatic carbocycles. The Morgan fingerprint density at radius 3 is 1.97 bits per heavy atom. The van der Waals surface area contributed by atoms with Crippen LogP contribution in [0.15, 0.2) is 30.3 Å². The average Bonchev–Trinajstić information content (AvgIpc) is 2.73. The third-order valence-electron chi connectivity index (χ3n) is 4.60. The second-order valence-electron chi connectivity index (χ2n) is 6.27. The number of anilines is 2. The average molecular weight is 426 g/mol. The van der Waals surface area contributed by atoms with Gasteiger partial charge in [0, 0.05) is 18.7 Å². The number of ether oxygens (including phenoxy) is 3. The van der Waals surface area contributed by atoms with E-state index in [0.717, 1.165) is 12.1 Å². The van der Waals surface area contributed by atoms with Gasteiger partial charge in [-0.2, -0.15) is 13.2 Å². The smallest absolute Gasteiger partial charge is 0.416 e. The summed E-state index contributed by atoms with van der Waals surface area (Å²) in [6.07, 6.45) is -4.53. The van der Waals surface area contributed by atoms with Crippen molar-refractivity contribution in [2.75, 3.05) is 44.6 Å². The van der Waals surface area contributed by atoms with Crippen molar-refractivity contribution >= 4 is 17.3 Å². The Bertz CT molecular complexity index is 871. The minimum absolute atomic E-state index is 0.0623. The fourth-order valence-electron chi connectivity index (χ4n) is 3.06. The fraction of sp³-hybridized carbons (Fsp3) is 0.381. The number of halogens is 3. The molecule has 1 N–H and O–H groups in total. The van der Waals surface area contributed by atoms with Crippen molar-refractivity contribution in [3.63, 3.8) is 0 Å². The number of carbonyl (C=O) groups excluding carboxylic acids is 1. The predicted molar refractivity (Wildman–Crippen MR) is 109 cm³/mol. The number of carbonyl (C=O) groups is 1. The SMILES string of the molecule is CCN(CC)c1ccc(C(F)(F)F)cc1NC(=O)c1cc(OC)c(OC)c(OC)c1. The summed E-state index contributed by atoms with van der Waals surface area (Å²) < 4.78 is 55.4. The first-order chi connectivity index (χ1) is 14.2. The number of methoxy groups -OCH3 is 3. The maximum atomic E-state index is 13.2. The van der Waals surface area contributed by atoms with Crippen molar-refractivity contribution in [3.8, 4) is 17.2 Å². The van der Waals surface area contributed by atoms with Gasteiger partial charge in [0.15, 0.2) is 11.5 Å². The Hall–Kier alpha value is -3.10. The quantitative estimate of drug-likeness (QED) is 0.655. The van der Waals surface area contributed by atoms with Crippen LogP contribution in [0.5, 0.6) is 17.2 Å². The van der Waals surface area contributed by atoms with Crippen LogP contribution in [0.25, 0.3) is 0 Å². The molecule has 0 spiro atoms. The first-order valence-corrected chi connectivity index (χ1v) is 9.27. The largest absolute Gasteiger partial charge is 0.493 e. The van der Waals surface area contributed by atoms with E-state index < -0.39 is 17.6 Å². The van der Waals surface area contributed by atoms with Gasteiger partial charge in [0.05, 0.1) is 38.3 Å². The number of hydrogen-bond acceptors (Lipinski definition) is 5. The van der Waals surface area contributed by atoms with Crippen molar-refractivity contribution < 1.29 is 32.2 Å². The molecule has 0 saturated heterocycles. The summed E-state index contributed by atoms with van der Waals surface area (Å²) in [6.45, 7) is 4.89. The van der Waals surface area contributed by atoms with Crippen molar-refractivity contribution in [1.29, 1.82) is 0 Å². The summed E-state index contributed by atoms with van der Waals surface area (Å²) in [5, 5.41) is 2.60. The van der Waals surface area contributed by atoms with Gasteiger partial charge < -0.3 is 24.4 Å². The van der Waals surface area contributed by atoms with Gasteiger partial charge in [0.1, 0.15) is 0 Å². The van der Waals surface area contributed by atoms with Crippen LogP contribution in [-0.4, -0.2) is 40.3 Å². The molecule has 2 rings (SSSR count). The topological polar surface area (TPSA) is 60.0 Å². The van der Waals surface area contributed by atoms with Crippen LogP contribution in [0.1, 0.15) is 29.8 Å². The molecule has 0 atom stereocenters. The molecule has 164 valence electrons. The molecule has 0 unspecified atom stereocenters. The van der Waals surface area contributed by atoms with Crippen molar-refractivity contribution in [2.45, 2.75) is 20.0 Å². The Balaban J connectivity index is 2.51. The third-order valence-corrected chi connectivity index (χ3v) is 4.60. The first-order valence-electron chi connectivity index (χ1n) is 9.27. The first kappa shape index (κ1) is 23.2. The van der Waals surface area contributed by atoms with Gasteiger partial charge in [-0.1, -0.05) is 0 Å². The highest BCUT2D eigenvalue weighted by atomic mass is 19.4. The number of nitrogens with one attached hydrogen (secondary N) is 1. The molecule has 1 amide bonds. The number of amides is 1. The fourth-order valence-corrected chi connectivity index (χ4v) is 3.06. The van der Waals surface area contributed by atoms with Crippen molar-refractivity contribution in [3.05, 3.63) is 41.5 Å². The van der Waals surface area contributed by atoms with Crippen LogP contribution < -0.4 is 24.4 Å². The molecule has 0 saturated carbocycles. The highest BCUT2D eigenvalue weighted by Gasteiger charge is 2.31. The second kappa shape index (κ2) is 9.60. The minimum Gasteiger partial charge on any atom is -0.493 e. The van der Waals surface area contributed by atoms with Crippen LogP contribution in [0.4, 0.5) is 24.5 Å². The van der Waals surface area contributed by atoms with Crippen LogP contribution in [0.2, 0.25) is 0 Å². The predicted octanol–water partition coefficient (Wildman–Crippen LogP) is 4.83. The maximum absolute atomic E-state index is 13.2. The van der Waals surface area contributed by atoms with E-state index in [1.165, 1.54) is 39.5 Å². The Kier molecular flexibility index (Phi) is 7.42. The Morgan fingerprint density at radius 1 is 0.967 bits per heavy atom. The maximum Gasteiger partial charge on any atom is 0.416 e. The molecule has 9 heteroatoms. The van der Waals surface area contributed by atoms with E-state index in [1.54, 1.807) is 0 Å². The summed E-state index contributed by atoms with van der Waals surface area (Å²) in [5.74, 6) is 0.214. The highest BCUT2D eigenvalue weighted by Crippen LogP contribution is 2.39. The highest BCUT2D eigenvalue weighted by molar-refractivity contribution is 6.06. The zero-order valence-electron chi connectivity index (χ0n) is 17.5. The van der Waals surface area contributed by atoms with E-state index in [4.69, 9.17) is 14.2 Å². The van der Waals surface area contributed by atoms with E-state index in [-0.39, 0.29) is 22.7 Å². The van der Waals surface area contributed by atoms with E-state index in [0.29, 0.717) is 24.5 Å². The van der Waals surface area contributed by atoms with Crippen molar-refractivity contribution in [1.82, 2.24) is 0 Å². The molecule has 0 aliphatic rings. The third kappa shape index (κ3) is 4.90. The standard InChI is InChI=1S/C21H25F3N2O4/c1-6-26(7-2)16-9-8-14(21(22,23)24)12-15(16)25-20(27)13-10-17(28-3)19(30-5)18(11-13)29-4/h8-12H,6-7H2,1-5H3,(H,25,27). The number of hydrogen-bond donors (Lipinski definition) is 1. The van der Waals surface area contributed by atoms with Crippen molar-refractivity contribution in [2.24, 2.45) is 0 Å². The summed E-state index contributed by atoms with van der Waals surface area (Å²) in [7, 11) is 4.24. The van der Waals surface area contributed by atoms with E-state index in [1.807, 2.05) is 18.7 Å². The van der Waals surface area contributed by atoms with Gasteiger partial charge in [-0.25, -0.2) is 0 Å². The number of benzene rings is 2. The molecule has 0 aliphatic carbocycles. The lowest BCUT2D eigenvalue weighted by atomic mass is 10.1. The molecule has 0 fully saturated rings. The zero-order chi connectivity index (χ0) is 22.5. The molecule has 30 heavy (non-hydrogen) atoms. The second-order valence-corrected chi connectivity index (χ2v) is 6.27. The van der Waals surface area contributed by atoms with Gasteiger partial charge in [-0.05, 0) is 44.2 Å². The Morgan fingerprint density at radius 2 is 1.53 bits per heavy atom. The number of alkyl halides is 3. The van der Waals surface area contributed by atoms with Gasteiger partial charge in [0.2, 0.25) is 5.75 Å². The summed E-state index contributed by atoms with van der Waals surface area (Å²) in [4.78, 5) is 14.8. The molecule has 0 aliphatic heterocycles. The summed E-state index contributed by atoms with van der Waals surface area (Å²) in [5.41, 5.74) is -0.146. The lowest BCUT2D eigenvalue weighted by Gasteiger charge is -2.25. The van der Waals surface area contributed by atoms with Gasteiger partial charge >= 0.3 is 6.18 Å². The molecule has 6 nitrogen and oxygen atoms in total. The van der Waals surface area contributed by atoms with E-state index in [9.17, 15) is 18.0 Å². The van der Waals surface area contributed by atoms with Crippen LogP contribution in [0.3, 0.4) is 0 Å². The molecule has 0 aromatic heterocycles. The van der Waals surface area contributed by atoms with Crippen LogP contribution >= 0.6 is 0 Å². The summed E-state index contributed by atoms with van der Waals surface area (Å²) >= 11 is 0. The molecular weight excluding hydrogens is 401 g/mol. The molecule has 0 bridgehead atoms. The molecule has 0 radical (unpaired) electrons. The molecule has 2 aromatic rings. The summed E-state index contributed by atoms with van der Waals surface area (Å²) in [6, 6.07) is 6.16. The zero-order valence-corrected chi connectivity index (χ0v) is 17.5. The molecule has 0 heterocycles. The van der Waals surface area contributed by atoms with Gasteiger partial charge in [-0.15, -0.1) is 0 Å². The molecular formula is C21H25F3N2O4. The van der Waals surface area contributed by atoms with E-state index >= 15 is 0 Å². The number of rotatable bonds is 8. The van der Waals surface area contributed by atoms with E-state index in [2.05, 4.69) is 5.32 Å². The minimum atomic E-state index is -4.53. The lowest BCUT2D eigenvalue weighted by molar-refractivity contribution is -0.137. The van der Waals surface area contributed by atoms with Crippen LogP contribution in [0, 0.1) is 0 Å². The van der Waals surface area contributed by atoms with Gasteiger partial charge in [-0.3, -0.25) is 4.79 Å². The Labute approximate surface area is 173 Å².